The van der Waals surface area contributed by atoms with Gasteiger partial charge in [0, 0.05) is 22.6 Å². The molecule has 1 heterocycles. The van der Waals surface area contributed by atoms with E-state index in [2.05, 4.69) is 26.1 Å². The van der Waals surface area contributed by atoms with E-state index in [1.807, 2.05) is 55.5 Å². The van der Waals surface area contributed by atoms with E-state index in [0.29, 0.717) is 10.7 Å². The van der Waals surface area contributed by atoms with E-state index in [-0.39, 0.29) is 5.91 Å². The van der Waals surface area contributed by atoms with Gasteiger partial charge in [-0.2, -0.15) is 0 Å². The molecule has 0 bridgehead atoms. The predicted molar refractivity (Wildman–Crippen MR) is 97.0 cm³/mol. The van der Waals surface area contributed by atoms with Crippen LogP contribution in [-0.2, 0) is 0 Å². The van der Waals surface area contributed by atoms with Crippen molar-refractivity contribution in [3.63, 3.8) is 0 Å². The fraction of sp³-hybridized carbons (Fsp3) is 0.118. The number of benzene rings is 2. The van der Waals surface area contributed by atoms with Crippen LogP contribution in [0.2, 0.25) is 0 Å². The van der Waals surface area contributed by atoms with Crippen molar-refractivity contribution in [3.8, 4) is 10.6 Å². The summed E-state index contributed by atoms with van der Waals surface area (Å²) in [5.41, 5.74) is 2.74. The fourth-order valence-corrected chi connectivity index (χ4v) is 3.11. The zero-order valence-corrected chi connectivity index (χ0v) is 15.1. The van der Waals surface area contributed by atoms with Crippen molar-refractivity contribution in [3.05, 3.63) is 64.1 Å². The Hall–Kier alpha value is -2.05. The third kappa shape index (κ3) is 3.48. The summed E-state index contributed by atoms with van der Waals surface area (Å²) >= 11 is 4.80. The first-order chi connectivity index (χ1) is 11.0. The van der Waals surface area contributed by atoms with Crippen LogP contribution in [0.4, 0.5) is 5.13 Å². The molecule has 0 aliphatic carbocycles. The normalized spacial score (nSPS) is 10.6. The summed E-state index contributed by atoms with van der Waals surface area (Å²) in [6.07, 6.45) is 0. The van der Waals surface area contributed by atoms with E-state index in [4.69, 9.17) is 0 Å². The van der Waals surface area contributed by atoms with Crippen molar-refractivity contribution in [2.45, 2.75) is 6.92 Å². The lowest BCUT2D eigenvalue weighted by atomic mass is 10.1. The van der Waals surface area contributed by atoms with Crippen molar-refractivity contribution in [2.75, 3.05) is 11.9 Å². The van der Waals surface area contributed by atoms with Gasteiger partial charge in [-0.3, -0.25) is 9.69 Å². The first-order valence-corrected chi connectivity index (χ1v) is 8.60. The molecule has 0 aliphatic rings. The molecule has 0 radical (unpaired) electrons. The zero-order valence-electron chi connectivity index (χ0n) is 12.7. The minimum Gasteiger partial charge on any atom is -0.286 e. The van der Waals surface area contributed by atoms with Crippen LogP contribution in [0.3, 0.4) is 0 Å². The van der Waals surface area contributed by atoms with Gasteiger partial charge < -0.3 is 0 Å². The van der Waals surface area contributed by atoms with Crippen LogP contribution in [0.5, 0.6) is 0 Å². The van der Waals surface area contributed by atoms with E-state index in [0.717, 1.165) is 20.6 Å². The summed E-state index contributed by atoms with van der Waals surface area (Å²) in [6, 6.07) is 15.3. The highest BCUT2D eigenvalue weighted by Gasteiger charge is 2.18. The fourth-order valence-electron chi connectivity index (χ4n) is 2.04. The van der Waals surface area contributed by atoms with Gasteiger partial charge >= 0.3 is 0 Å². The molecular formula is C17H14BrN3OS. The van der Waals surface area contributed by atoms with Crippen molar-refractivity contribution in [2.24, 2.45) is 0 Å². The summed E-state index contributed by atoms with van der Waals surface area (Å²) in [4.78, 5) is 14.0. The molecule has 116 valence electrons. The largest absolute Gasteiger partial charge is 0.286 e. The topological polar surface area (TPSA) is 46.1 Å². The van der Waals surface area contributed by atoms with Gasteiger partial charge in [0.15, 0.2) is 0 Å². The molecule has 1 aromatic heterocycles. The molecule has 0 N–H and O–H groups in total. The Bertz CT molecular complexity index is 828. The molecule has 0 aliphatic heterocycles. The second kappa shape index (κ2) is 6.60. The summed E-state index contributed by atoms with van der Waals surface area (Å²) in [5, 5.41) is 9.69. The molecule has 0 spiro atoms. The number of rotatable bonds is 3. The maximum absolute atomic E-state index is 12.5. The molecule has 0 saturated heterocycles. The van der Waals surface area contributed by atoms with E-state index < -0.39 is 0 Å². The Morgan fingerprint density at radius 3 is 2.35 bits per heavy atom. The standard InChI is InChI=1S/C17H14BrN3OS/c1-11-3-5-13(6-4-11)16(22)21(2)17-20-19-15(23-17)12-7-9-14(18)10-8-12/h3-10H,1-2H3. The first kappa shape index (κ1) is 15.8. The predicted octanol–water partition coefficient (Wildman–Crippen LogP) is 4.55. The Morgan fingerprint density at radius 1 is 1.04 bits per heavy atom. The molecule has 3 aromatic rings. The average molecular weight is 388 g/mol. The van der Waals surface area contributed by atoms with Crippen LogP contribution in [0.1, 0.15) is 15.9 Å². The van der Waals surface area contributed by atoms with Crippen molar-refractivity contribution in [1.29, 1.82) is 0 Å². The van der Waals surface area contributed by atoms with Gasteiger partial charge in [0.2, 0.25) is 5.13 Å². The SMILES string of the molecule is Cc1ccc(C(=O)N(C)c2nnc(-c3ccc(Br)cc3)s2)cc1. The number of halogens is 1. The van der Waals surface area contributed by atoms with Crippen molar-refractivity contribution >= 4 is 38.3 Å². The number of aryl methyl sites for hydroxylation is 1. The molecular weight excluding hydrogens is 374 g/mol. The lowest BCUT2D eigenvalue weighted by Gasteiger charge is -2.13. The van der Waals surface area contributed by atoms with Crippen LogP contribution < -0.4 is 4.90 Å². The summed E-state index contributed by atoms with van der Waals surface area (Å²) in [5.74, 6) is -0.0940. The summed E-state index contributed by atoms with van der Waals surface area (Å²) in [6.45, 7) is 1.99. The Labute approximate surface area is 146 Å². The Kier molecular flexibility index (Phi) is 4.54. The van der Waals surface area contributed by atoms with E-state index in [1.54, 1.807) is 7.05 Å². The third-order valence-electron chi connectivity index (χ3n) is 3.40. The number of hydrogen-bond acceptors (Lipinski definition) is 4. The van der Waals surface area contributed by atoms with Gasteiger partial charge in [0.1, 0.15) is 5.01 Å². The Balaban J connectivity index is 1.83. The second-order valence-corrected chi connectivity index (χ2v) is 7.00. The number of carbonyl (C=O) groups excluding carboxylic acids is 1. The highest BCUT2D eigenvalue weighted by Crippen LogP contribution is 2.29. The minimum atomic E-state index is -0.0940. The molecule has 1 amide bonds. The molecule has 3 rings (SSSR count). The quantitative estimate of drug-likeness (QED) is 0.661. The monoisotopic (exact) mass is 387 g/mol. The molecule has 0 atom stereocenters. The van der Waals surface area contributed by atoms with Crippen molar-refractivity contribution < 1.29 is 4.79 Å². The maximum Gasteiger partial charge on any atom is 0.259 e. The molecule has 4 nitrogen and oxygen atoms in total. The molecule has 0 unspecified atom stereocenters. The summed E-state index contributed by atoms with van der Waals surface area (Å²) < 4.78 is 1.01. The average Bonchev–Trinajstić information content (AvgIpc) is 3.05. The highest BCUT2D eigenvalue weighted by atomic mass is 79.9. The zero-order chi connectivity index (χ0) is 16.4. The van der Waals surface area contributed by atoms with Crippen LogP contribution in [0.25, 0.3) is 10.6 Å². The van der Waals surface area contributed by atoms with Crippen LogP contribution in [0, 0.1) is 6.92 Å². The van der Waals surface area contributed by atoms with Gasteiger partial charge in [-0.25, -0.2) is 0 Å². The lowest BCUT2D eigenvalue weighted by molar-refractivity contribution is 0.0993. The second-order valence-electron chi connectivity index (χ2n) is 5.13. The number of hydrogen-bond donors (Lipinski definition) is 0. The number of aromatic nitrogens is 2. The molecule has 0 saturated carbocycles. The van der Waals surface area contributed by atoms with Gasteiger partial charge in [-0.05, 0) is 31.2 Å². The smallest absolute Gasteiger partial charge is 0.259 e. The summed E-state index contributed by atoms with van der Waals surface area (Å²) in [7, 11) is 1.72. The van der Waals surface area contributed by atoms with Crippen LogP contribution in [-0.4, -0.2) is 23.2 Å². The lowest BCUT2D eigenvalue weighted by Crippen LogP contribution is -2.26. The van der Waals surface area contributed by atoms with Gasteiger partial charge in [0.25, 0.3) is 5.91 Å². The molecule has 23 heavy (non-hydrogen) atoms. The Morgan fingerprint density at radius 2 is 1.70 bits per heavy atom. The van der Waals surface area contributed by atoms with Crippen LogP contribution >= 0.6 is 27.3 Å². The number of anilines is 1. The maximum atomic E-state index is 12.5. The van der Waals surface area contributed by atoms with E-state index in [1.165, 1.54) is 16.2 Å². The van der Waals surface area contributed by atoms with Gasteiger partial charge in [-0.15, -0.1) is 10.2 Å². The molecule has 2 aromatic carbocycles. The number of amides is 1. The van der Waals surface area contributed by atoms with Crippen LogP contribution in [0.15, 0.2) is 53.0 Å². The minimum absolute atomic E-state index is 0.0940. The van der Waals surface area contributed by atoms with Gasteiger partial charge in [-0.1, -0.05) is 57.1 Å². The third-order valence-corrected chi connectivity index (χ3v) is 4.97. The number of nitrogens with zero attached hydrogens (tertiary/aromatic N) is 3. The first-order valence-electron chi connectivity index (χ1n) is 6.99. The van der Waals surface area contributed by atoms with Crippen molar-refractivity contribution in [1.82, 2.24) is 10.2 Å². The van der Waals surface area contributed by atoms with E-state index >= 15 is 0 Å². The molecule has 0 fully saturated rings. The highest BCUT2D eigenvalue weighted by molar-refractivity contribution is 9.10. The number of carbonyl (C=O) groups is 1. The molecule has 6 heteroatoms. The van der Waals surface area contributed by atoms with Gasteiger partial charge in [0.05, 0.1) is 0 Å². The van der Waals surface area contributed by atoms with E-state index in [9.17, 15) is 4.79 Å².